The van der Waals surface area contributed by atoms with Crippen molar-refractivity contribution in [1.82, 2.24) is 0 Å². The molecule has 2 N–H and O–H groups in total. The highest BCUT2D eigenvalue weighted by Crippen LogP contribution is 2.34. The topological polar surface area (TPSA) is 74.6 Å². The smallest absolute Gasteiger partial charge is 0.303 e. The summed E-state index contributed by atoms with van der Waals surface area (Å²) >= 11 is 0. The lowest BCUT2D eigenvalue weighted by Gasteiger charge is -2.15. The molecule has 1 saturated carbocycles. The predicted octanol–water partition coefficient (Wildman–Crippen LogP) is 4.50. The Labute approximate surface area is 146 Å². The van der Waals surface area contributed by atoms with Gasteiger partial charge in [0.25, 0.3) is 0 Å². The van der Waals surface area contributed by atoms with Crippen LogP contribution in [0.15, 0.2) is 12.2 Å². The Morgan fingerprint density at radius 2 is 2.00 bits per heavy atom. The summed E-state index contributed by atoms with van der Waals surface area (Å²) in [6, 6.07) is 0. The maximum Gasteiger partial charge on any atom is 0.303 e. The minimum Gasteiger partial charge on any atom is -0.481 e. The van der Waals surface area contributed by atoms with Gasteiger partial charge in [-0.05, 0) is 50.9 Å². The number of aliphatic carboxylic acids is 1. The minimum absolute atomic E-state index is 0.168. The van der Waals surface area contributed by atoms with Crippen molar-refractivity contribution in [2.24, 2.45) is 11.8 Å². The van der Waals surface area contributed by atoms with Gasteiger partial charge in [-0.3, -0.25) is 9.59 Å². The summed E-state index contributed by atoms with van der Waals surface area (Å²) in [6.45, 7) is 2.00. The molecule has 3 atom stereocenters. The van der Waals surface area contributed by atoms with Gasteiger partial charge in [-0.25, -0.2) is 0 Å². The summed E-state index contributed by atoms with van der Waals surface area (Å²) in [4.78, 5) is 22.5. The molecule has 0 radical (unpaired) electrons. The molecule has 0 saturated heterocycles. The van der Waals surface area contributed by atoms with E-state index in [1.165, 1.54) is 0 Å². The average molecular weight is 338 g/mol. The second-order valence-electron chi connectivity index (χ2n) is 7.04. The van der Waals surface area contributed by atoms with Crippen LogP contribution in [-0.4, -0.2) is 28.1 Å². The van der Waals surface area contributed by atoms with E-state index in [1.807, 2.05) is 6.92 Å². The first-order valence-corrected chi connectivity index (χ1v) is 9.63. The number of carboxylic acid groups (broad SMARTS) is 1. The SMILES string of the molecule is CCC(O)CCC/C=C\[C@H]1CCC(=O)[C@@H]1CCCCCCC(=O)O. The molecule has 1 rings (SSSR count). The van der Waals surface area contributed by atoms with E-state index in [0.717, 1.165) is 64.2 Å². The zero-order chi connectivity index (χ0) is 17.8. The van der Waals surface area contributed by atoms with Gasteiger partial charge in [-0.15, -0.1) is 0 Å². The Bertz CT molecular complexity index is 402. The average Bonchev–Trinajstić information content (AvgIpc) is 2.90. The number of carboxylic acids is 1. The van der Waals surface area contributed by atoms with Crippen LogP contribution in [0.5, 0.6) is 0 Å². The molecule has 0 spiro atoms. The van der Waals surface area contributed by atoms with E-state index in [-0.39, 0.29) is 18.4 Å². The third kappa shape index (κ3) is 8.62. The molecule has 1 aliphatic carbocycles. The van der Waals surface area contributed by atoms with E-state index in [0.29, 0.717) is 18.1 Å². The van der Waals surface area contributed by atoms with Crippen LogP contribution in [0, 0.1) is 11.8 Å². The number of carbonyl (C=O) groups is 2. The Balaban J connectivity index is 2.21. The molecule has 1 aliphatic rings. The quantitative estimate of drug-likeness (QED) is 0.383. The van der Waals surface area contributed by atoms with Crippen LogP contribution in [0.3, 0.4) is 0 Å². The summed E-state index contributed by atoms with van der Waals surface area (Å²) in [6.07, 6.45) is 14.4. The number of unbranched alkanes of at least 4 members (excludes halogenated alkanes) is 4. The molecule has 0 aromatic rings. The largest absolute Gasteiger partial charge is 0.481 e. The third-order valence-corrected chi connectivity index (χ3v) is 5.07. The van der Waals surface area contributed by atoms with Crippen molar-refractivity contribution < 1.29 is 19.8 Å². The second-order valence-corrected chi connectivity index (χ2v) is 7.04. The molecular weight excluding hydrogens is 304 g/mol. The van der Waals surface area contributed by atoms with E-state index in [1.54, 1.807) is 0 Å². The van der Waals surface area contributed by atoms with Crippen molar-refractivity contribution in [2.45, 2.75) is 90.1 Å². The van der Waals surface area contributed by atoms with Crippen LogP contribution in [0.25, 0.3) is 0 Å². The lowest BCUT2D eigenvalue weighted by atomic mass is 9.89. The van der Waals surface area contributed by atoms with E-state index in [9.17, 15) is 14.7 Å². The van der Waals surface area contributed by atoms with Crippen molar-refractivity contribution in [2.75, 3.05) is 0 Å². The second kappa shape index (κ2) is 12.2. The number of allylic oxidation sites excluding steroid dienone is 2. The van der Waals surface area contributed by atoms with Gasteiger partial charge in [0, 0.05) is 18.8 Å². The van der Waals surface area contributed by atoms with E-state index in [4.69, 9.17) is 5.11 Å². The first-order valence-electron chi connectivity index (χ1n) is 9.63. The van der Waals surface area contributed by atoms with Gasteiger partial charge in [0.1, 0.15) is 5.78 Å². The fraction of sp³-hybridized carbons (Fsp3) is 0.800. The predicted molar refractivity (Wildman–Crippen MR) is 95.8 cm³/mol. The molecule has 1 fully saturated rings. The van der Waals surface area contributed by atoms with Crippen LogP contribution in [-0.2, 0) is 9.59 Å². The summed E-state index contributed by atoms with van der Waals surface area (Å²) in [5.41, 5.74) is 0. The molecule has 0 amide bonds. The summed E-state index contributed by atoms with van der Waals surface area (Å²) in [5, 5.41) is 18.1. The molecule has 0 aliphatic heterocycles. The third-order valence-electron chi connectivity index (χ3n) is 5.07. The number of hydrogen-bond donors (Lipinski definition) is 2. The number of carbonyl (C=O) groups excluding carboxylic acids is 1. The molecule has 0 aromatic carbocycles. The number of aliphatic hydroxyl groups excluding tert-OH is 1. The Hall–Kier alpha value is -1.16. The van der Waals surface area contributed by atoms with Gasteiger partial charge in [0.05, 0.1) is 6.10 Å². The van der Waals surface area contributed by atoms with Gasteiger partial charge >= 0.3 is 5.97 Å². The van der Waals surface area contributed by atoms with Gasteiger partial charge in [0.2, 0.25) is 0 Å². The van der Waals surface area contributed by atoms with E-state index < -0.39 is 5.97 Å². The lowest BCUT2D eigenvalue weighted by molar-refractivity contribution is -0.137. The van der Waals surface area contributed by atoms with Crippen LogP contribution in [0.4, 0.5) is 0 Å². The van der Waals surface area contributed by atoms with Crippen molar-refractivity contribution in [3.8, 4) is 0 Å². The van der Waals surface area contributed by atoms with Gasteiger partial charge in [-0.2, -0.15) is 0 Å². The number of ketones is 1. The Morgan fingerprint density at radius 3 is 2.71 bits per heavy atom. The van der Waals surface area contributed by atoms with Crippen LogP contribution >= 0.6 is 0 Å². The van der Waals surface area contributed by atoms with Crippen molar-refractivity contribution in [3.63, 3.8) is 0 Å². The number of hydrogen-bond acceptors (Lipinski definition) is 3. The molecule has 0 heterocycles. The normalized spacial score (nSPS) is 22.3. The number of rotatable bonds is 13. The number of aliphatic hydroxyl groups is 1. The molecule has 4 nitrogen and oxygen atoms in total. The van der Waals surface area contributed by atoms with Gasteiger partial charge < -0.3 is 10.2 Å². The Kier molecular flexibility index (Phi) is 10.6. The monoisotopic (exact) mass is 338 g/mol. The van der Waals surface area contributed by atoms with E-state index in [2.05, 4.69) is 12.2 Å². The fourth-order valence-electron chi connectivity index (χ4n) is 3.48. The molecule has 4 heteroatoms. The maximum absolute atomic E-state index is 12.1. The highest BCUT2D eigenvalue weighted by molar-refractivity contribution is 5.83. The molecule has 24 heavy (non-hydrogen) atoms. The number of Topliss-reactive ketones (excluding diaryl/α,β-unsaturated/α-hetero) is 1. The van der Waals surface area contributed by atoms with Crippen molar-refractivity contribution in [1.29, 1.82) is 0 Å². The molecule has 0 bridgehead atoms. The molecule has 1 unspecified atom stereocenters. The summed E-state index contributed by atoms with van der Waals surface area (Å²) in [5.74, 6) is 0.226. The standard InChI is InChI=1S/C20H34O4/c1-2-17(21)11-7-5-6-10-16-14-15-19(22)18(16)12-8-3-4-9-13-20(23)24/h6,10,16-18,21H,2-5,7-9,11-15H2,1H3,(H,23,24)/b10-6-/t16-,17?,18+/m0/s1. The minimum atomic E-state index is -0.724. The lowest BCUT2D eigenvalue weighted by Crippen LogP contribution is -2.13. The zero-order valence-electron chi connectivity index (χ0n) is 15.1. The highest BCUT2D eigenvalue weighted by Gasteiger charge is 2.32. The van der Waals surface area contributed by atoms with Crippen LogP contribution in [0.1, 0.15) is 84.0 Å². The maximum atomic E-state index is 12.1. The fourth-order valence-corrected chi connectivity index (χ4v) is 3.48. The first-order chi connectivity index (χ1) is 11.5. The summed E-state index contributed by atoms with van der Waals surface area (Å²) in [7, 11) is 0. The Morgan fingerprint density at radius 1 is 1.25 bits per heavy atom. The van der Waals surface area contributed by atoms with Gasteiger partial charge in [0.15, 0.2) is 0 Å². The molecule has 0 aromatic heterocycles. The molecule has 138 valence electrons. The first kappa shape index (κ1) is 20.9. The van der Waals surface area contributed by atoms with Gasteiger partial charge in [-0.1, -0.05) is 38.3 Å². The van der Waals surface area contributed by atoms with Crippen molar-refractivity contribution >= 4 is 11.8 Å². The van der Waals surface area contributed by atoms with Crippen molar-refractivity contribution in [3.05, 3.63) is 12.2 Å². The summed E-state index contributed by atoms with van der Waals surface area (Å²) < 4.78 is 0. The molecular formula is C20H34O4. The van der Waals surface area contributed by atoms with E-state index >= 15 is 0 Å². The van der Waals surface area contributed by atoms with Crippen LogP contribution in [0.2, 0.25) is 0 Å². The van der Waals surface area contributed by atoms with Crippen LogP contribution < -0.4 is 0 Å². The zero-order valence-corrected chi connectivity index (χ0v) is 15.1. The highest BCUT2D eigenvalue weighted by atomic mass is 16.4.